The molecule has 0 atom stereocenters. The summed E-state index contributed by atoms with van der Waals surface area (Å²) in [6, 6.07) is 14.8. The summed E-state index contributed by atoms with van der Waals surface area (Å²) in [4.78, 5) is 30.1. The van der Waals surface area contributed by atoms with Crippen molar-refractivity contribution in [3.8, 4) is 11.3 Å². The number of carbonyl (C=O) groups is 1. The largest absolute Gasteiger partial charge is 0.478 e. The van der Waals surface area contributed by atoms with E-state index in [0.29, 0.717) is 22.5 Å². The van der Waals surface area contributed by atoms with Crippen LogP contribution in [0.2, 0.25) is 0 Å². The number of hydrogen-bond acceptors (Lipinski definition) is 4. The lowest BCUT2D eigenvalue weighted by atomic mass is 10.1. The number of nitrogens with one attached hydrogen (secondary N) is 2. The minimum absolute atomic E-state index is 0.222. The third kappa shape index (κ3) is 3.10. The van der Waals surface area contributed by atoms with Gasteiger partial charge in [-0.15, -0.1) is 0 Å². The fourth-order valence-electron chi connectivity index (χ4n) is 3.19. The number of aromatic nitrogens is 3. The summed E-state index contributed by atoms with van der Waals surface area (Å²) in [6.07, 6.45) is 0. The Balaban J connectivity index is 1.91. The van der Waals surface area contributed by atoms with E-state index in [2.05, 4.69) is 15.2 Å². The van der Waals surface area contributed by atoms with Gasteiger partial charge in [-0.25, -0.2) is 9.78 Å². The lowest BCUT2D eigenvalue weighted by Crippen LogP contribution is -2.03. The van der Waals surface area contributed by atoms with Gasteiger partial charge in [-0.05, 0) is 43.7 Å². The van der Waals surface area contributed by atoms with Crippen molar-refractivity contribution in [1.82, 2.24) is 15.2 Å². The molecule has 0 radical (unpaired) electrons. The van der Waals surface area contributed by atoms with Crippen molar-refractivity contribution >= 4 is 28.6 Å². The van der Waals surface area contributed by atoms with Crippen LogP contribution >= 0.6 is 11.8 Å². The normalized spacial score (nSPS) is 11.1. The molecule has 4 rings (SSSR count). The number of benzene rings is 2. The number of nitrogens with zero attached hydrogens (tertiary/aromatic N) is 1. The minimum Gasteiger partial charge on any atom is -0.478 e. The Morgan fingerprint density at radius 3 is 2.54 bits per heavy atom. The zero-order valence-electron chi connectivity index (χ0n) is 15.2. The third-order valence-electron chi connectivity index (χ3n) is 4.63. The second kappa shape index (κ2) is 7.01. The molecular weight excluding hydrogens is 374 g/mol. The van der Waals surface area contributed by atoms with Crippen molar-refractivity contribution in [1.29, 1.82) is 0 Å². The van der Waals surface area contributed by atoms with Gasteiger partial charge in [-0.1, -0.05) is 36.0 Å². The second-order valence-electron chi connectivity index (χ2n) is 6.44. The van der Waals surface area contributed by atoms with Crippen LogP contribution in [0.15, 0.2) is 63.1 Å². The molecule has 28 heavy (non-hydrogen) atoms. The predicted molar refractivity (Wildman–Crippen MR) is 109 cm³/mol. The number of aromatic amines is 2. The van der Waals surface area contributed by atoms with E-state index in [4.69, 9.17) is 0 Å². The first-order chi connectivity index (χ1) is 13.5. The van der Waals surface area contributed by atoms with Crippen molar-refractivity contribution in [3.05, 3.63) is 75.7 Å². The number of carboxylic acid groups (broad SMARTS) is 1. The molecule has 2 aromatic carbocycles. The summed E-state index contributed by atoms with van der Waals surface area (Å²) in [5.41, 5.74) is 3.33. The van der Waals surface area contributed by atoms with E-state index >= 15 is 0 Å². The molecule has 0 amide bonds. The summed E-state index contributed by atoms with van der Waals surface area (Å²) in [5, 5.41) is 15.8. The van der Waals surface area contributed by atoms with Gasteiger partial charge < -0.3 is 10.2 Å². The van der Waals surface area contributed by atoms with Gasteiger partial charge in [0, 0.05) is 20.9 Å². The van der Waals surface area contributed by atoms with E-state index in [1.165, 1.54) is 11.8 Å². The highest BCUT2D eigenvalue weighted by atomic mass is 32.2. The molecule has 4 aromatic rings. The molecule has 0 bridgehead atoms. The molecule has 0 aliphatic rings. The summed E-state index contributed by atoms with van der Waals surface area (Å²) in [6.45, 7) is 3.62. The van der Waals surface area contributed by atoms with Gasteiger partial charge >= 0.3 is 5.97 Å². The highest BCUT2D eigenvalue weighted by Gasteiger charge is 2.16. The number of aryl methyl sites for hydroxylation is 1. The van der Waals surface area contributed by atoms with Crippen LogP contribution in [0.3, 0.4) is 0 Å². The van der Waals surface area contributed by atoms with Gasteiger partial charge in [0.25, 0.3) is 5.56 Å². The fourth-order valence-corrected chi connectivity index (χ4v) is 4.29. The van der Waals surface area contributed by atoms with Crippen molar-refractivity contribution in [2.24, 2.45) is 0 Å². The van der Waals surface area contributed by atoms with E-state index in [1.54, 1.807) is 19.1 Å². The zero-order valence-corrected chi connectivity index (χ0v) is 16.1. The molecule has 0 aliphatic carbocycles. The number of fused-ring (bicyclic) bond motifs is 1. The lowest BCUT2D eigenvalue weighted by molar-refractivity contribution is 0.0696. The van der Waals surface area contributed by atoms with Crippen molar-refractivity contribution in [2.45, 2.75) is 23.6 Å². The summed E-state index contributed by atoms with van der Waals surface area (Å²) < 4.78 is 0. The van der Waals surface area contributed by atoms with Crippen LogP contribution in [-0.4, -0.2) is 26.3 Å². The Hall–Kier alpha value is -3.32. The summed E-state index contributed by atoms with van der Waals surface area (Å²) >= 11 is 1.47. The number of H-pyrrole nitrogens is 2. The van der Waals surface area contributed by atoms with Gasteiger partial charge in [0.1, 0.15) is 0 Å². The topological polar surface area (TPSA) is 98.8 Å². The van der Waals surface area contributed by atoms with E-state index in [0.717, 1.165) is 20.7 Å². The molecule has 2 aromatic heterocycles. The molecule has 0 saturated carbocycles. The number of aromatic carboxylic acids is 1. The van der Waals surface area contributed by atoms with Crippen molar-refractivity contribution in [3.63, 3.8) is 0 Å². The molecule has 7 heteroatoms. The first-order valence-electron chi connectivity index (χ1n) is 8.64. The van der Waals surface area contributed by atoms with Crippen LogP contribution in [0.1, 0.15) is 21.6 Å². The Kier molecular flexibility index (Phi) is 4.52. The smallest absolute Gasteiger partial charge is 0.335 e. The molecule has 2 heterocycles. The fraction of sp³-hybridized carbons (Fsp3) is 0.0952. The molecular formula is C21H17N3O3S. The van der Waals surface area contributed by atoms with Gasteiger partial charge in [0.2, 0.25) is 0 Å². The SMILES string of the molecule is Cc1[nH][nH]c(=O)c1-c1cc(Sc2cccc(C(=O)O)c2C)c2ccccc2n1. The average molecular weight is 391 g/mol. The number of carboxylic acids is 1. The van der Waals surface area contributed by atoms with Gasteiger partial charge in [-0.3, -0.25) is 9.89 Å². The Bertz CT molecular complexity index is 1270. The Morgan fingerprint density at radius 1 is 1.04 bits per heavy atom. The lowest BCUT2D eigenvalue weighted by Gasteiger charge is -2.12. The van der Waals surface area contributed by atoms with E-state index in [9.17, 15) is 14.7 Å². The third-order valence-corrected chi connectivity index (χ3v) is 5.85. The summed E-state index contributed by atoms with van der Waals surface area (Å²) in [7, 11) is 0. The van der Waals surface area contributed by atoms with Crippen molar-refractivity contribution in [2.75, 3.05) is 0 Å². The molecule has 0 unspecified atom stereocenters. The predicted octanol–water partition coefficient (Wildman–Crippen LogP) is 4.38. The number of para-hydroxylation sites is 1. The first-order valence-corrected chi connectivity index (χ1v) is 9.45. The Morgan fingerprint density at radius 2 is 1.82 bits per heavy atom. The van der Waals surface area contributed by atoms with Gasteiger partial charge in [-0.2, -0.15) is 0 Å². The van der Waals surface area contributed by atoms with Crippen LogP contribution in [0.5, 0.6) is 0 Å². The molecule has 140 valence electrons. The Labute approximate surface area is 164 Å². The minimum atomic E-state index is -0.949. The second-order valence-corrected chi connectivity index (χ2v) is 7.52. The van der Waals surface area contributed by atoms with Gasteiger partial charge in [0.15, 0.2) is 0 Å². The van der Waals surface area contributed by atoms with E-state index in [1.807, 2.05) is 43.3 Å². The van der Waals surface area contributed by atoms with Crippen LogP contribution in [-0.2, 0) is 0 Å². The number of rotatable bonds is 4. The molecule has 6 nitrogen and oxygen atoms in total. The number of pyridine rings is 1. The van der Waals surface area contributed by atoms with E-state index in [-0.39, 0.29) is 11.1 Å². The zero-order chi connectivity index (χ0) is 19.8. The first kappa shape index (κ1) is 18.1. The van der Waals surface area contributed by atoms with E-state index < -0.39 is 5.97 Å². The molecule has 0 fully saturated rings. The van der Waals surface area contributed by atoms with Crippen LogP contribution < -0.4 is 5.56 Å². The molecule has 0 aliphatic heterocycles. The van der Waals surface area contributed by atoms with Crippen LogP contribution in [0.25, 0.3) is 22.2 Å². The maximum absolute atomic E-state index is 12.2. The maximum Gasteiger partial charge on any atom is 0.335 e. The molecule has 0 saturated heterocycles. The van der Waals surface area contributed by atoms with Crippen LogP contribution in [0, 0.1) is 13.8 Å². The van der Waals surface area contributed by atoms with Gasteiger partial charge in [0.05, 0.1) is 22.3 Å². The number of hydrogen-bond donors (Lipinski definition) is 3. The highest BCUT2D eigenvalue weighted by molar-refractivity contribution is 7.99. The van der Waals surface area contributed by atoms with Crippen molar-refractivity contribution < 1.29 is 9.90 Å². The standard InChI is InChI=1S/C21H17N3O3S/c1-11-13(21(26)27)7-5-9-17(11)28-18-10-16(19-12(2)23-24-20(19)25)22-15-8-4-3-6-14(15)18/h3-10H,1-2H3,(H,26,27)(H2,23,24,25). The maximum atomic E-state index is 12.2. The van der Waals surface area contributed by atoms with Crippen LogP contribution in [0.4, 0.5) is 0 Å². The quantitative estimate of drug-likeness (QED) is 0.479. The highest BCUT2D eigenvalue weighted by Crippen LogP contribution is 2.37. The molecule has 3 N–H and O–H groups in total. The summed E-state index contributed by atoms with van der Waals surface area (Å²) in [5.74, 6) is -0.949. The average Bonchev–Trinajstić information content (AvgIpc) is 3.01. The monoisotopic (exact) mass is 391 g/mol. The molecule has 0 spiro atoms.